The third-order valence-electron chi connectivity index (χ3n) is 8.40. The summed E-state index contributed by atoms with van der Waals surface area (Å²) in [6, 6.07) is 13.7. The highest BCUT2D eigenvalue weighted by Gasteiger charge is 2.13. The van der Waals surface area contributed by atoms with E-state index in [4.69, 9.17) is 8.83 Å². The largest absolute Gasteiger partial charge is 0.461 e. The van der Waals surface area contributed by atoms with E-state index >= 15 is 0 Å². The zero-order chi connectivity index (χ0) is 26.9. The number of thiophene rings is 1. The average Bonchev–Trinajstić information content (AvgIpc) is 3.62. The molecule has 39 heavy (non-hydrogen) atoms. The van der Waals surface area contributed by atoms with Gasteiger partial charge in [-0.3, -0.25) is 0 Å². The van der Waals surface area contributed by atoms with Crippen LogP contribution in [0.2, 0.25) is 0 Å². The first-order valence-electron chi connectivity index (χ1n) is 16.1. The zero-order valence-corrected chi connectivity index (χ0v) is 25.2. The van der Waals surface area contributed by atoms with Gasteiger partial charge >= 0.3 is 0 Å². The lowest BCUT2D eigenvalue weighted by atomic mass is 10.1. The highest BCUT2D eigenvalue weighted by Crippen LogP contribution is 2.40. The molecule has 0 radical (unpaired) electrons. The molecule has 3 heteroatoms. The van der Waals surface area contributed by atoms with Gasteiger partial charge in [-0.2, -0.15) is 0 Å². The lowest BCUT2D eigenvalue weighted by Gasteiger charge is -2.00. The molecule has 0 bridgehead atoms. The van der Waals surface area contributed by atoms with Crippen LogP contribution < -0.4 is 0 Å². The molecule has 0 amide bonds. The van der Waals surface area contributed by atoms with Crippen molar-refractivity contribution in [3.05, 3.63) is 47.9 Å². The SMILES string of the molecule is CCCCCCCCCCc1cc2cc3c(cc2o1)sc1cc2oc(CCCCCCCCCC)cc2cc13. The van der Waals surface area contributed by atoms with E-state index in [1.54, 1.807) is 0 Å². The van der Waals surface area contributed by atoms with E-state index in [0.29, 0.717) is 0 Å². The fourth-order valence-corrected chi connectivity index (χ4v) is 7.19. The minimum atomic E-state index is 1.03. The van der Waals surface area contributed by atoms with Gasteiger partial charge in [0.2, 0.25) is 0 Å². The number of fused-ring (bicyclic) bond motifs is 5. The Labute approximate surface area is 239 Å². The summed E-state index contributed by atoms with van der Waals surface area (Å²) in [5, 5.41) is 5.16. The quantitative estimate of drug-likeness (QED) is 0.103. The molecule has 5 rings (SSSR count). The van der Waals surface area contributed by atoms with Gasteiger partial charge in [0.25, 0.3) is 0 Å². The van der Waals surface area contributed by atoms with Gasteiger partial charge in [-0.05, 0) is 49.2 Å². The third kappa shape index (κ3) is 7.48. The van der Waals surface area contributed by atoms with Crippen molar-refractivity contribution in [2.24, 2.45) is 0 Å². The molecule has 3 aromatic heterocycles. The molecule has 210 valence electrons. The summed E-state index contributed by atoms with van der Waals surface area (Å²) in [5.41, 5.74) is 2.06. The first-order chi connectivity index (χ1) is 19.2. The molecule has 0 fully saturated rings. The minimum Gasteiger partial charge on any atom is -0.461 e. The maximum atomic E-state index is 6.28. The molecular formula is C36H48O2S. The Hall–Kier alpha value is -2.26. The van der Waals surface area contributed by atoms with Gasteiger partial charge in [0.05, 0.1) is 0 Å². The third-order valence-corrected chi connectivity index (χ3v) is 9.52. The maximum absolute atomic E-state index is 6.28. The van der Waals surface area contributed by atoms with Crippen LogP contribution in [-0.2, 0) is 12.8 Å². The Morgan fingerprint density at radius 1 is 0.462 bits per heavy atom. The molecule has 3 heterocycles. The van der Waals surface area contributed by atoms with Crippen molar-refractivity contribution in [3.63, 3.8) is 0 Å². The summed E-state index contributed by atoms with van der Waals surface area (Å²) in [6.07, 6.45) is 23.7. The predicted octanol–water partition coefficient (Wildman–Crippen LogP) is 12.9. The lowest BCUT2D eigenvalue weighted by molar-refractivity contribution is 0.518. The van der Waals surface area contributed by atoms with Crippen LogP contribution in [0.25, 0.3) is 42.1 Å². The minimum absolute atomic E-state index is 1.03. The second-order valence-corrected chi connectivity index (χ2v) is 12.8. The van der Waals surface area contributed by atoms with Crippen molar-refractivity contribution in [3.8, 4) is 0 Å². The van der Waals surface area contributed by atoms with E-state index in [0.717, 1.165) is 35.5 Å². The van der Waals surface area contributed by atoms with Crippen LogP contribution in [0.3, 0.4) is 0 Å². The Morgan fingerprint density at radius 3 is 1.26 bits per heavy atom. The average molecular weight is 545 g/mol. The molecule has 5 aromatic rings. The highest BCUT2D eigenvalue weighted by molar-refractivity contribution is 7.26. The van der Waals surface area contributed by atoms with Gasteiger partial charge < -0.3 is 8.83 Å². The van der Waals surface area contributed by atoms with Gasteiger partial charge in [0.1, 0.15) is 22.7 Å². The van der Waals surface area contributed by atoms with Gasteiger partial charge in [0, 0.05) is 43.8 Å². The topological polar surface area (TPSA) is 26.3 Å². The predicted molar refractivity (Wildman–Crippen MR) is 172 cm³/mol. The van der Waals surface area contributed by atoms with Gasteiger partial charge in [-0.25, -0.2) is 0 Å². The standard InChI is InChI=1S/C36H48O2S/c1-3-5-7-9-11-13-15-17-19-29-21-27-23-31-32-24-28-22-30(20-18-16-14-12-10-8-6-4-2)38-34(28)26-36(32)39-35(31)25-33(27)37-29/h21-26H,3-20H2,1-2H3. The Morgan fingerprint density at radius 2 is 0.846 bits per heavy atom. The normalized spacial score (nSPS) is 12.2. The summed E-state index contributed by atoms with van der Waals surface area (Å²) in [6.45, 7) is 4.57. The number of hydrogen-bond donors (Lipinski definition) is 0. The monoisotopic (exact) mass is 544 g/mol. The van der Waals surface area contributed by atoms with Crippen LogP contribution in [0.4, 0.5) is 0 Å². The van der Waals surface area contributed by atoms with Crippen LogP contribution in [0.1, 0.15) is 128 Å². The summed E-state index contributed by atoms with van der Waals surface area (Å²) in [5.74, 6) is 2.28. The Bertz CT molecular complexity index is 1340. The molecule has 0 aliphatic carbocycles. The Kier molecular flexibility index (Phi) is 10.4. The van der Waals surface area contributed by atoms with Crippen molar-refractivity contribution in [1.82, 2.24) is 0 Å². The fourth-order valence-electron chi connectivity index (χ4n) is 6.07. The molecule has 0 saturated carbocycles. The summed E-state index contributed by atoms with van der Waals surface area (Å²) in [4.78, 5) is 0. The van der Waals surface area contributed by atoms with Crippen molar-refractivity contribution in [1.29, 1.82) is 0 Å². The van der Waals surface area contributed by atoms with Crippen LogP contribution >= 0.6 is 11.3 Å². The molecule has 0 N–H and O–H groups in total. The van der Waals surface area contributed by atoms with E-state index in [9.17, 15) is 0 Å². The van der Waals surface area contributed by atoms with Crippen LogP contribution in [0, 0.1) is 0 Å². The number of aryl methyl sites for hydroxylation is 2. The molecule has 0 aliphatic heterocycles. The fraction of sp³-hybridized carbons (Fsp3) is 0.556. The van der Waals surface area contributed by atoms with Crippen molar-refractivity contribution in [2.75, 3.05) is 0 Å². The van der Waals surface area contributed by atoms with E-state index in [1.165, 1.54) is 134 Å². The van der Waals surface area contributed by atoms with E-state index < -0.39 is 0 Å². The van der Waals surface area contributed by atoms with Crippen molar-refractivity contribution >= 4 is 53.4 Å². The first kappa shape index (κ1) is 28.3. The summed E-state index contributed by atoms with van der Waals surface area (Å²) < 4.78 is 15.2. The maximum Gasteiger partial charge on any atom is 0.135 e. The van der Waals surface area contributed by atoms with Crippen LogP contribution in [0.5, 0.6) is 0 Å². The first-order valence-corrected chi connectivity index (χ1v) is 16.9. The Balaban J connectivity index is 1.19. The molecule has 2 aromatic carbocycles. The molecule has 0 spiro atoms. The molecule has 0 unspecified atom stereocenters. The van der Waals surface area contributed by atoms with Crippen molar-refractivity contribution < 1.29 is 8.83 Å². The molecule has 0 saturated heterocycles. The second-order valence-electron chi connectivity index (χ2n) is 11.7. The highest BCUT2D eigenvalue weighted by atomic mass is 32.1. The van der Waals surface area contributed by atoms with E-state index in [2.05, 4.69) is 50.2 Å². The van der Waals surface area contributed by atoms with Gasteiger partial charge in [-0.1, -0.05) is 104 Å². The smallest absolute Gasteiger partial charge is 0.135 e. The zero-order valence-electron chi connectivity index (χ0n) is 24.4. The second kappa shape index (κ2) is 14.4. The molecule has 0 atom stereocenters. The van der Waals surface area contributed by atoms with Gasteiger partial charge in [-0.15, -0.1) is 11.3 Å². The van der Waals surface area contributed by atoms with E-state index in [1.807, 2.05) is 11.3 Å². The van der Waals surface area contributed by atoms with Crippen LogP contribution in [-0.4, -0.2) is 0 Å². The van der Waals surface area contributed by atoms with Crippen LogP contribution in [0.15, 0.2) is 45.2 Å². The van der Waals surface area contributed by atoms with Crippen molar-refractivity contribution in [2.45, 2.75) is 129 Å². The van der Waals surface area contributed by atoms with E-state index in [-0.39, 0.29) is 0 Å². The number of unbranched alkanes of at least 4 members (excludes halogenated alkanes) is 14. The summed E-state index contributed by atoms with van der Waals surface area (Å²) in [7, 11) is 0. The number of rotatable bonds is 18. The lowest BCUT2D eigenvalue weighted by Crippen LogP contribution is -1.84. The summed E-state index contributed by atoms with van der Waals surface area (Å²) >= 11 is 1.85. The molecular weight excluding hydrogens is 496 g/mol. The molecule has 0 aliphatic rings. The number of benzene rings is 2. The van der Waals surface area contributed by atoms with Gasteiger partial charge in [0.15, 0.2) is 0 Å². The molecule has 2 nitrogen and oxygen atoms in total. The number of hydrogen-bond acceptors (Lipinski definition) is 3. The number of furan rings is 2.